The first kappa shape index (κ1) is 12.6. The highest BCUT2D eigenvalue weighted by atomic mass is 35.5. The minimum atomic E-state index is -0.807. The molecule has 3 nitrogen and oxygen atoms in total. The number of carbonyl (C=O) groups excluding carboxylic acids is 2. The molecular weight excluding hydrogens is 235 g/mol. The first-order valence-corrected chi connectivity index (χ1v) is 5.07. The third kappa shape index (κ3) is 3.03. The molecule has 1 rings (SSSR count). The molecule has 0 aliphatic carbocycles. The average molecular weight is 245 g/mol. The van der Waals surface area contributed by atoms with Crippen LogP contribution in [-0.2, 0) is 9.53 Å². The summed E-state index contributed by atoms with van der Waals surface area (Å²) < 4.78 is 18.0. The van der Waals surface area contributed by atoms with Crippen molar-refractivity contribution in [3.05, 3.63) is 34.6 Å². The monoisotopic (exact) mass is 244 g/mol. The van der Waals surface area contributed by atoms with Crippen LogP contribution in [-0.4, -0.2) is 18.4 Å². The number of carbonyl (C=O) groups is 2. The second kappa shape index (κ2) is 5.61. The molecule has 0 aliphatic heterocycles. The third-order valence-corrected chi connectivity index (χ3v) is 2.15. The minimum absolute atomic E-state index is 0.144. The van der Waals surface area contributed by atoms with E-state index in [1.807, 2.05) is 0 Å². The van der Waals surface area contributed by atoms with Gasteiger partial charge in [-0.1, -0.05) is 17.7 Å². The van der Waals surface area contributed by atoms with Crippen molar-refractivity contribution in [2.75, 3.05) is 6.61 Å². The van der Waals surface area contributed by atoms with E-state index in [1.165, 1.54) is 18.2 Å². The van der Waals surface area contributed by atoms with Crippen LogP contribution in [0.1, 0.15) is 23.7 Å². The van der Waals surface area contributed by atoms with Gasteiger partial charge in [0.2, 0.25) is 0 Å². The maximum absolute atomic E-state index is 13.4. The van der Waals surface area contributed by atoms with Crippen LogP contribution in [0.5, 0.6) is 0 Å². The molecule has 0 aromatic heterocycles. The van der Waals surface area contributed by atoms with Crippen LogP contribution in [0.4, 0.5) is 4.39 Å². The van der Waals surface area contributed by atoms with E-state index in [2.05, 4.69) is 4.74 Å². The number of Topliss-reactive ketones (excluding diaryl/α,β-unsaturated/α-hetero) is 1. The normalized spacial score (nSPS) is 9.94. The Bertz CT molecular complexity index is 418. The molecule has 0 saturated carbocycles. The summed E-state index contributed by atoms with van der Waals surface area (Å²) in [6, 6.07) is 4.06. The van der Waals surface area contributed by atoms with E-state index in [0.29, 0.717) is 0 Å². The molecule has 0 bridgehead atoms. The molecule has 86 valence electrons. The number of halogens is 2. The second-order valence-corrected chi connectivity index (χ2v) is 3.41. The quantitative estimate of drug-likeness (QED) is 0.465. The largest absolute Gasteiger partial charge is 0.466 e. The molecule has 0 atom stereocenters. The van der Waals surface area contributed by atoms with Gasteiger partial charge in [-0.15, -0.1) is 0 Å². The van der Waals surface area contributed by atoms with Gasteiger partial charge < -0.3 is 4.74 Å². The summed E-state index contributed by atoms with van der Waals surface area (Å²) in [6.07, 6.45) is -0.481. The van der Waals surface area contributed by atoms with Gasteiger partial charge in [0, 0.05) is 0 Å². The molecular formula is C11H10ClFO3. The molecule has 0 spiro atoms. The Kier molecular flexibility index (Phi) is 4.43. The van der Waals surface area contributed by atoms with Crippen molar-refractivity contribution in [1.82, 2.24) is 0 Å². The van der Waals surface area contributed by atoms with E-state index in [-0.39, 0.29) is 17.2 Å². The lowest BCUT2D eigenvalue weighted by Crippen LogP contribution is -2.12. The number of hydrogen-bond acceptors (Lipinski definition) is 3. The van der Waals surface area contributed by atoms with Crippen molar-refractivity contribution in [2.24, 2.45) is 0 Å². The van der Waals surface area contributed by atoms with E-state index < -0.39 is 24.0 Å². The summed E-state index contributed by atoms with van der Waals surface area (Å²) in [4.78, 5) is 22.5. The fourth-order valence-electron chi connectivity index (χ4n) is 1.16. The number of ether oxygens (including phenoxy) is 1. The molecule has 0 radical (unpaired) electrons. The minimum Gasteiger partial charge on any atom is -0.466 e. The molecule has 0 amide bonds. The zero-order chi connectivity index (χ0) is 12.1. The molecule has 0 aliphatic rings. The zero-order valence-electron chi connectivity index (χ0n) is 8.63. The number of hydrogen-bond donors (Lipinski definition) is 0. The van der Waals surface area contributed by atoms with Gasteiger partial charge in [0.05, 0.1) is 17.2 Å². The topological polar surface area (TPSA) is 43.4 Å². The van der Waals surface area contributed by atoms with E-state index in [4.69, 9.17) is 11.6 Å². The summed E-state index contributed by atoms with van der Waals surface area (Å²) in [5.74, 6) is -2.12. The standard InChI is InChI=1S/C11H10ClFO3/c1-2-16-10(15)6-9(14)7-4-3-5-8(12)11(7)13/h3-5H,2,6H2,1H3. The van der Waals surface area contributed by atoms with Crippen LogP contribution in [0.15, 0.2) is 18.2 Å². The van der Waals surface area contributed by atoms with E-state index in [1.54, 1.807) is 6.92 Å². The molecule has 1 aromatic carbocycles. The highest BCUT2D eigenvalue weighted by molar-refractivity contribution is 6.31. The van der Waals surface area contributed by atoms with Gasteiger partial charge in [0.1, 0.15) is 6.42 Å². The smallest absolute Gasteiger partial charge is 0.313 e. The van der Waals surface area contributed by atoms with Crippen LogP contribution in [0.3, 0.4) is 0 Å². The molecule has 0 heterocycles. The van der Waals surface area contributed by atoms with Crippen LogP contribution in [0.2, 0.25) is 5.02 Å². The molecule has 0 fully saturated rings. The van der Waals surface area contributed by atoms with Gasteiger partial charge in [-0.05, 0) is 19.1 Å². The van der Waals surface area contributed by atoms with Crippen molar-refractivity contribution < 1.29 is 18.7 Å². The predicted molar refractivity (Wildman–Crippen MR) is 57.0 cm³/mol. The van der Waals surface area contributed by atoms with Gasteiger partial charge in [0.15, 0.2) is 11.6 Å². The Hall–Kier alpha value is -1.42. The van der Waals surface area contributed by atoms with Gasteiger partial charge in [-0.2, -0.15) is 0 Å². The maximum atomic E-state index is 13.4. The Balaban J connectivity index is 2.81. The van der Waals surface area contributed by atoms with Crippen molar-refractivity contribution in [3.63, 3.8) is 0 Å². The number of ketones is 1. The lowest BCUT2D eigenvalue weighted by molar-refractivity contribution is -0.141. The molecule has 0 saturated heterocycles. The van der Waals surface area contributed by atoms with Crippen molar-refractivity contribution >= 4 is 23.4 Å². The van der Waals surface area contributed by atoms with Gasteiger partial charge in [-0.3, -0.25) is 9.59 Å². The van der Waals surface area contributed by atoms with Crippen molar-refractivity contribution in [1.29, 1.82) is 0 Å². The van der Waals surface area contributed by atoms with E-state index in [0.717, 1.165) is 0 Å². The van der Waals surface area contributed by atoms with Crippen LogP contribution < -0.4 is 0 Å². The Morgan fingerprint density at radius 1 is 1.44 bits per heavy atom. The summed E-state index contributed by atoms with van der Waals surface area (Å²) in [6.45, 7) is 1.81. The molecule has 5 heteroatoms. The van der Waals surface area contributed by atoms with E-state index in [9.17, 15) is 14.0 Å². The maximum Gasteiger partial charge on any atom is 0.313 e. The first-order valence-electron chi connectivity index (χ1n) is 4.69. The highest BCUT2D eigenvalue weighted by Gasteiger charge is 2.17. The number of esters is 1. The second-order valence-electron chi connectivity index (χ2n) is 3.01. The van der Waals surface area contributed by atoms with Crippen LogP contribution >= 0.6 is 11.6 Å². The summed E-state index contributed by atoms with van der Waals surface area (Å²) in [7, 11) is 0. The lowest BCUT2D eigenvalue weighted by atomic mass is 10.1. The third-order valence-electron chi connectivity index (χ3n) is 1.86. The average Bonchev–Trinajstić information content (AvgIpc) is 2.22. The van der Waals surface area contributed by atoms with E-state index >= 15 is 0 Å². The van der Waals surface area contributed by atoms with Crippen molar-refractivity contribution in [3.8, 4) is 0 Å². The molecule has 1 aromatic rings. The fraction of sp³-hybridized carbons (Fsp3) is 0.273. The predicted octanol–water partition coefficient (Wildman–Crippen LogP) is 2.62. The van der Waals surface area contributed by atoms with Crippen LogP contribution in [0.25, 0.3) is 0 Å². The Morgan fingerprint density at radius 2 is 2.12 bits per heavy atom. The first-order chi connectivity index (χ1) is 7.56. The fourth-order valence-corrected chi connectivity index (χ4v) is 1.33. The van der Waals surface area contributed by atoms with Gasteiger partial charge in [0.25, 0.3) is 0 Å². The molecule has 16 heavy (non-hydrogen) atoms. The van der Waals surface area contributed by atoms with Crippen molar-refractivity contribution in [2.45, 2.75) is 13.3 Å². The molecule has 0 N–H and O–H groups in total. The summed E-state index contributed by atoms with van der Waals surface area (Å²) in [5.41, 5.74) is -0.194. The number of rotatable bonds is 4. The molecule has 0 unspecified atom stereocenters. The van der Waals surface area contributed by atoms with Crippen LogP contribution in [0, 0.1) is 5.82 Å². The lowest BCUT2D eigenvalue weighted by Gasteiger charge is -2.03. The zero-order valence-corrected chi connectivity index (χ0v) is 9.38. The highest BCUT2D eigenvalue weighted by Crippen LogP contribution is 2.19. The number of benzene rings is 1. The Labute approximate surface area is 97.2 Å². The Morgan fingerprint density at radius 3 is 2.75 bits per heavy atom. The van der Waals surface area contributed by atoms with Gasteiger partial charge in [-0.25, -0.2) is 4.39 Å². The summed E-state index contributed by atoms with van der Waals surface area (Å²) in [5, 5.41) is -0.144. The summed E-state index contributed by atoms with van der Waals surface area (Å²) >= 11 is 5.51. The SMILES string of the molecule is CCOC(=O)CC(=O)c1cccc(Cl)c1F. The van der Waals surface area contributed by atoms with Gasteiger partial charge >= 0.3 is 5.97 Å².